The van der Waals surface area contributed by atoms with Gasteiger partial charge in [0.15, 0.2) is 11.6 Å². The maximum Gasteiger partial charge on any atom is 0.268 e. The zero-order chi connectivity index (χ0) is 19.0. The number of anilines is 1. The van der Waals surface area contributed by atoms with E-state index in [-0.39, 0.29) is 35.5 Å². The van der Waals surface area contributed by atoms with Gasteiger partial charge in [0.05, 0.1) is 16.1 Å². The third-order valence-electron chi connectivity index (χ3n) is 4.51. The molecule has 6 heteroatoms. The van der Waals surface area contributed by atoms with Crippen LogP contribution in [0.1, 0.15) is 41.5 Å². The van der Waals surface area contributed by atoms with Gasteiger partial charge in [-0.25, -0.2) is 0 Å². The van der Waals surface area contributed by atoms with Crippen LogP contribution in [0.15, 0.2) is 60.0 Å². The van der Waals surface area contributed by atoms with E-state index in [1.807, 2.05) is 5.38 Å². The number of nitrogens with zero attached hydrogens (tertiary/aromatic N) is 1. The van der Waals surface area contributed by atoms with E-state index in [4.69, 9.17) is 11.6 Å². The number of amides is 1. The van der Waals surface area contributed by atoms with Crippen LogP contribution in [-0.4, -0.2) is 29.9 Å². The fourth-order valence-corrected chi connectivity index (χ4v) is 4.14. The van der Waals surface area contributed by atoms with E-state index >= 15 is 0 Å². The summed E-state index contributed by atoms with van der Waals surface area (Å²) in [5.74, 6) is -0.497. The van der Waals surface area contributed by atoms with Gasteiger partial charge in [0, 0.05) is 29.1 Å². The Morgan fingerprint density at radius 2 is 1.59 bits per heavy atom. The number of ketones is 2. The summed E-state index contributed by atoms with van der Waals surface area (Å²) in [6.45, 7) is 0.234. The fourth-order valence-electron chi connectivity index (χ4n) is 3.30. The standard InChI is InChI=1S/C21H14ClNO3S/c22-10-11-23(21(26)17-9-4-12-27-17)16-8-3-7-15-18(16)20(25)14-6-2-1-5-13(14)19(15)24/h1-9,12H,10-11H2. The zero-order valence-corrected chi connectivity index (χ0v) is 15.7. The van der Waals surface area contributed by atoms with E-state index in [1.54, 1.807) is 54.6 Å². The number of carbonyl (C=O) groups excluding carboxylic acids is 3. The summed E-state index contributed by atoms with van der Waals surface area (Å²) < 4.78 is 0. The first-order chi connectivity index (χ1) is 13.1. The molecule has 0 atom stereocenters. The van der Waals surface area contributed by atoms with E-state index in [0.29, 0.717) is 27.3 Å². The molecule has 1 heterocycles. The van der Waals surface area contributed by atoms with Crippen molar-refractivity contribution in [1.29, 1.82) is 0 Å². The van der Waals surface area contributed by atoms with E-state index in [2.05, 4.69) is 0 Å². The van der Waals surface area contributed by atoms with Crippen molar-refractivity contribution >= 4 is 46.1 Å². The lowest BCUT2D eigenvalue weighted by atomic mass is 9.83. The lowest BCUT2D eigenvalue weighted by Gasteiger charge is -2.27. The predicted molar refractivity (Wildman–Crippen MR) is 106 cm³/mol. The molecule has 1 aliphatic carbocycles. The van der Waals surface area contributed by atoms with Crippen LogP contribution in [0.5, 0.6) is 0 Å². The van der Waals surface area contributed by atoms with Crippen LogP contribution < -0.4 is 4.90 Å². The first kappa shape index (κ1) is 17.6. The summed E-state index contributed by atoms with van der Waals surface area (Å²) in [5, 5.41) is 1.82. The molecule has 0 N–H and O–H groups in total. The van der Waals surface area contributed by atoms with Crippen molar-refractivity contribution in [3.8, 4) is 0 Å². The number of hydrogen-bond acceptors (Lipinski definition) is 4. The van der Waals surface area contributed by atoms with Gasteiger partial charge in [-0.15, -0.1) is 22.9 Å². The number of halogens is 1. The fraction of sp³-hybridized carbons (Fsp3) is 0.0952. The number of alkyl halides is 1. The van der Waals surface area contributed by atoms with Crippen LogP contribution in [0, 0.1) is 0 Å². The van der Waals surface area contributed by atoms with Crippen molar-refractivity contribution in [2.75, 3.05) is 17.3 Å². The molecule has 1 aliphatic rings. The number of rotatable bonds is 4. The van der Waals surface area contributed by atoms with Crippen molar-refractivity contribution in [1.82, 2.24) is 0 Å². The summed E-state index contributed by atoms with van der Waals surface area (Å²) in [4.78, 5) is 41.1. The molecule has 0 spiro atoms. The molecule has 0 aliphatic heterocycles. The Morgan fingerprint density at radius 1 is 0.889 bits per heavy atom. The van der Waals surface area contributed by atoms with Gasteiger partial charge in [0.2, 0.25) is 0 Å². The molecule has 0 saturated carbocycles. The third kappa shape index (κ3) is 2.89. The van der Waals surface area contributed by atoms with Crippen LogP contribution in [0.3, 0.4) is 0 Å². The molecular weight excluding hydrogens is 382 g/mol. The predicted octanol–water partition coefficient (Wildman–Crippen LogP) is 4.41. The largest absolute Gasteiger partial charge is 0.306 e. The van der Waals surface area contributed by atoms with Crippen LogP contribution in [-0.2, 0) is 0 Å². The van der Waals surface area contributed by atoms with E-state index in [1.165, 1.54) is 16.2 Å². The molecule has 0 unspecified atom stereocenters. The Balaban J connectivity index is 1.89. The Hall–Kier alpha value is -2.76. The number of hydrogen-bond donors (Lipinski definition) is 0. The van der Waals surface area contributed by atoms with Gasteiger partial charge in [-0.1, -0.05) is 42.5 Å². The number of fused-ring (bicyclic) bond motifs is 2. The smallest absolute Gasteiger partial charge is 0.268 e. The van der Waals surface area contributed by atoms with Crippen molar-refractivity contribution in [3.63, 3.8) is 0 Å². The van der Waals surface area contributed by atoms with Crippen LogP contribution in [0.2, 0.25) is 0 Å². The topological polar surface area (TPSA) is 54.5 Å². The number of thiophene rings is 1. The average Bonchev–Trinajstić information content (AvgIpc) is 3.24. The number of carbonyl (C=O) groups is 3. The Bertz CT molecular complexity index is 1060. The Morgan fingerprint density at radius 3 is 2.26 bits per heavy atom. The van der Waals surface area contributed by atoms with Crippen LogP contribution in [0.25, 0.3) is 0 Å². The molecule has 1 amide bonds. The van der Waals surface area contributed by atoms with Gasteiger partial charge in [0.1, 0.15) is 0 Å². The quantitative estimate of drug-likeness (QED) is 0.481. The van der Waals surface area contributed by atoms with Gasteiger partial charge in [0.25, 0.3) is 5.91 Å². The average molecular weight is 396 g/mol. The van der Waals surface area contributed by atoms with Gasteiger partial charge >= 0.3 is 0 Å². The molecule has 0 saturated heterocycles. The van der Waals surface area contributed by atoms with Gasteiger partial charge in [-0.3, -0.25) is 14.4 Å². The SMILES string of the molecule is O=C1c2ccccc2C(=O)c2c1cccc2N(CCCl)C(=O)c1cccs1. The van der Waals surface area contributed by atoms with E-state index < -0.39 is 0 Å². The molecule has 4 nitrogen and oxygen atoms in total. The summed E-state index contributed by atoms with van der Waals surface area (Å²) in [7, 11) is 0. The molecule has 0 bridgehead atoms. The van der Waals surface area contributed by atoms with Crippen LogP contribution in [0.4, 0.5) is 5.69 Å². The molecule has 3 aromatic rings. The van der Waals surface area contributed by atoms with E-state index in [0.717, 1.165) is 0 Å². The number of benzene rings is 2. The summed E-state index contributed by atoms with van der Waals surface area (Å²) in [6.07, 6.45) is 0. The van der Waals surface area contributed by atoms with Crippen molar-refractivity contribution in [3.05, 3.63) is 87.1 Å². The first-order valence-electron chi connectivity index (χ1n) is 8.36. The summed E-state index contributed by atoms with van der Waals surface area (Å²) in [5.41, 5.74) is 1.74. The maximum atomic E-state index is 13.2. The second-order valence-corrected chi connectivity index (χ2v) is 7.35. The minimum Gasteiger partial charge on any atom is -0.306 e. The minimum atomic E-state index is -0.255. The molecule has 134 valence electrons. The molecular formula is C21H14ClNO3S. The maximum absolute atomic E-state index is 13.2. The lowest BCUT2D eigenvalue weighted by molar-refractivity contribution is 0.0974. The second-order valence-electron chi connectivity index (χ2n) is 6.03. The van der Waals surface area contributed by atoms with Crippen molar-refractivity contribution < 1.29 is 14.4 Å². The monoisotopic (exact) mass is 395 g/mol. The second kappa shape index (κ2) is 7.10. The van der Waals surface area contributed by atoms with Gasteiger partial charge < -0.3 is 4.90 Å². The highest BCUT2D eigenvalue weighted by molar-refractivity contribution is 7.12. The highest BCUT2D eigenvalue weighted by Crippen LogP contribution is 2.34. The molecule has 0 radical (unpaired) electrons. The van der Waals surface area contributed by atoms with Crippen LogP contribution >= 0.6 is 22.9 Å². The molecule has 0 fully saturated rings. The highest BCUT2D eigenvalue weighted by atomic mass is 35.5. The van der Waals surface area contributed by atoms with Gasteiger partial charge in [-0.2, -0.15) is 0 Å². The molecule has 27 heavy (non-hydrogen) atoms. The summed E-state index contributed by atoms with van der Waals surface area (Å²) in [6, 6.07) is 15.3. The summed E-state index contributed by atoms with van der Waals surface area (Å²) >= 11 is 7.26. The lowest BCUT2D eigenvalue weighted by Crippen LogP contribution is -2.35. The first-order valence-corrected chi connectivity index (χ1v) is 9.77. The highest BCUT2D eigenvalue weighted by Gasteiger charge is 2.33. The molecule has 4 rings (SSSR count). The normalized spacial score (nSPS) is 12.5. The zero-order valence-electron chi connectivity index (χ0n) is 14.1. The van der Waals surface area contributed by atoms with Crippen molar-refractivity contribution in [2.45, 2.75) is 0 Å². The molecule has 2 aromatic carbocycles. The minimum absolute atomic E-state index is 0.208. The van der Waals surface area contributed by atoms with E-state index in [9.17, 15) is 14.4 Å². The Kier molecular flexibility index (Phi) is 4.64. The third-order valence-corrected chi connectivity index (χ3v) is 5.53. The Labute approximate surface area is 165 Å². The van der Waals surface area contributed by atoms with Crippen molar-refractivity contribution in [2.24, 2.45) is 0 Å². The molecule has 1 aromatic heterocycles. The van der Waals surface area contributed by atoms with Gasteiger partial charge in [-0.05, 0) is 17.5 Å².